The highest BCUT2D eigenvalue weighted by Gasteiger charge is 2.22. The van der Waals surface area contributed by atoms with Gasteiger partial charge in [0.25, 0.3) is 0 Å². The number of para-hydroxylation sites is 2. The van der Waals surface area contributed by atoms with E-state index < -0.39 is 42.3 Å². The molecule has 0 aliphatic rings. The SMILES string of the molecule is [2H]c1cc(-c2nc(-c3ccccc3)nc(-c3ccc4c(c3)sc3cc(-c5ccccc5)ccc34)n2)c2c(oc3c([2H])c([2H])c([2H])c(-n4c5c([2H])ccc([2H])c5c5c([2H])c([2H])c([2H])c([2H])c54)c32)c1[2H]. The van der Waals surface area contributed by atoms with Crippen molar-refractivity contribution in [3.63, 3.8) is 0 Å². The van der Waals surface area contributed by atoms with Gasteiger partial charge in [-0.3, -0.25) is 0 Å². The summed E-state index contributed by atoms with van der Waals surface area (Å²) in [5.74, 6) is 0.627. The first-order valence-corrected chi connectivity index (χ1v) is 18.9. The van der Waals surface area contributed by atoms with Gasteiger partial charge in [-0.05, 0) is 53.5 Å². The number of hydrogen-bond donors (Lipinski definition) is 0. The molecule has 0 amide bonds. The number of furan rings is 1. The summed E-state index contributed by atoms with van der Waals surface area (Å²) in [5, 5.41) is 2.20. The van der Waals surface area contributed by atoms with Crippen molar-refractivity contribution < 1.29 is 19.5 Å². The minimum atomic E-state index is -0.600. The molecule has 4 aromatic heterocycles. The molecular weight excluding hydrogens is 717 g/mol. The Morgan fingerprint density at radius 2 is 1.09 bits per heavy atom. The second-order valence-corrected chi connectivity index (χ2v) is 14.6. The largest absolute Gasteiger partial charge is 0.456 e. The van der Waals surface area contributed by atoms with Crippen LogP contribution in [0.5, 0.6) is 0 Å². The summed E-state index contributed by atoms with van der Waals surface area (Å²) in [6.45, 7) is 0. The molecule has 0 radical (unpaired) electrons. The molecule has 12 aromatic rings. The van der Waals surface area contributed by atoms with Gasteiger partial charge in [0.05, 0.1) is 37.2 Å². The van der Waals surface area contributed by atoms with Crippen molar-refractivity contribution >= 4 is 75.3 Å². The van der Waals surface area contributed by atoms with E-state index >= 15 is 0 Å². The highest BCUT2D eigenvalue weighted by molar-refractivity contribution is 7.25. The predicted octanol–water partition coefficient (Wildman–Crippen LogP) is 13.9. The van der Waals surface area contributed by atoms with Gasteiger partial charge in [-0.25, -0.2) is 15.0 Å². The summed E-state index contributed by atoms with van der Waals surface area (Å²) in [4.78, 5) is 15.0. The van der Waals surface area contributed by atoms with Crippen molar-refractivity contribution in [2.24, 2.45) is 0 Å². The van der Waals surface area contributed by atoms with E-state index in [0.29, 0.717) is 11.1 Å². The molecular formula is C51H30N4OS. The Hall–Kier alpha value is -7.41. The topological polar surface area (TPSA) is 56.7 Å². The van der Waals surface area contributed by atoms with Gasteiger partial charge in [-0.1, -0.05) is 139 Å². The summed E-state index contributed by atoms with van der Waals surface area (Å²) in [6.07, 6.45) is 0. The molecule has 8 aromatic carbocycles. The first-order valence-electron chi connectivity index (χ1n) is 23.6. The van der Waals surface area contributed by atoms with Gasteiger partial charge in [-0.2, -0.15) is 0 Å². The molecule has 0 saturated carbocycles. The van der Waals surface area contributed by atoms with Gasteiger partial charge >= 0.3 is 0 Å². The van der Waals surface area contributed by atoms with Gasteiger partial charge in [0, 0.05) is 53.0 Å². The Balaban J connectivity index is 1.17. The maximum Gasteiger partial charge on any atom is 0.164 e. The fraction of sp³-hybridized carbons (Fsp3) is 0. The molecule has 0 spiro atoms. The number of fused-ring (bicyclic) bond motifs is 9. The number of thiophene rings is 1. The zero-order chi connectivity index (χ0) is 47.0. The average molecular weight is 758 g/mol. The van der Waals surface area contributed by atoms with Gasteiger partial charge in [0.2, 0.25) is 0 Å². The van der Waals surface area contributed by atoms with Crippen molar-refractivity contribution in [3.8, 4) is 51.0 Å². The Kier molecular flexibility index (Phi) is 5.04. The van der Waals surface area contributed by atoms with E-state index in [2.05, 4.69) is 30.3 Å². The summed E-state index contributed by atoms with van der Waals surface area (Å²) in [7, 11) is 0. The summed E-state index contributed by atoms with van der Waals surface area (Å²) in [5.41, 5.74) is 2.88. The molecule has 4 heterocycles. The van der Waals surface area contributed by atoms with Crippen molar-refractivity contribution in [1.82, 2.24) is 19.5 Å². The summed E-state index contributed by atoms with van der Waals surface area (Å²) >= 11 is 1.64. The lowest BCUT2D eigenvalue weighted by molar-refractivity contribution is 0.669. The minimum Gasteiger partial charge on any atom is -0.456 e. The van der Waals surface area contributed by atoms with Crippen LogP contribution < -0.4 is 0 Å². The molecule has 266 valence electrons. The van der Waals surface area contributed by atoms with Gasteiger partial charge in [0.1, 0.15) is 11.2 Å². The molecule has 0 unspecified atom stereocenters. The van der Waals surface area contributed by atoms with Crippen LogP contribution in [0.15, 0.2) is 186 Å². The third kappa shape index (κ3) is 5.04. The average Bonchev–Trinajstić information content (AvgIpc) is 4.06. The number of nitrogens with zero attached hydrogens (tertiary/aromatic N) is 4. The Labute approximate surface area is 346 Å². The fourth-order valence-corrected chi connectivity index (χ4v) is 8.89. The minimum absolute atomic E-state index is 0.0136. The zero-order valence-corrected chi connectivity index (χ0v) is 30.4. The van der Waals surface area contributed by atoms with Crippen LogP contribution in [0.25, 0.3) is 115 Å². The van der Waals surface area contributed by atoms with Crippen molar-refractivity contribution in [3.05, 3.63) is 182 Å². The van der Waals surface area contributed by atoms with Crippen LogP contribution in [0.4, 0.5) is 0 Å². The molecule has 0 fully saturated rings. The highest BCUT2D eigenvalue weighted by atomic mass is 32.1. The number of rotatable bonds is 5. The Bertz CT molecular complexity index is 4170. The fourth-order valence-electron chi connectivity index (χ4n) is 7.70. The lowest BCUT2D eigenvalue weighted by Crippen LogP contribution is -2.00. The Morgan fingerprint density at radius 3 is 1.91 bits per heavy atom. The molecule has 57 heavy (non-hydrogen) atoms. The molecule has 0 bridgehead atoms. The molecule has 0 N–H and O–H groups in total. The second-order valence-electron chi connectivity index (χ2n) is 13.5. The van der Waals surface area contributed by atoms with E-state index in [4.69, 9.17) is 31.7 Å². The highest BCUT2D eigenvalue weighted by Crippen LogP contribution is 2.43. The van der Waals surface area contributed by atoms with Gasteiger partial charge in [-0.15, -0.1) is 11.3 Å². The van der Waals surface area contributed by atoms with E-state index in [1.165, 1.54) is 22.8 Å². The zero-order valence-electron chi connectivity index (χ0n) is 40.6. The molecule has 0 saturated heterocycles. The first-order chi connectivity index (χ1) is 32.8. The molecule has 5 nitrogen and oxygen atoms in total. The maximum atomic E-state index is 9.53. The lowest BCUT2D eigenvalue weighted by Gasteiger charge is -2.12. The number of benzene rings is 8. The standard InChI is InChI=1S/C51H30N4OS/c1-3-13-31(14-4-1)33-25-27-37-38-28-26-34(30-46(38)57-45(37)29-33)50-52-49(32-15-5-2-6-16-32)53-51(54-50)39-19-11-23-43-47(39)48-42(22-12-24-44(48)56-43)55-40-20-9-7-17-35(40)36-18-8-10-21-41(36)55/h1-30H/i7D,9D,11D,12D,17D,18D,20D,21D,22D,23D,24D. The van der Waals surface area contributed by atoms with Crippen LogP contribution in [0.2, 0.25) is 0 Å². The van der Waals surface area contributed by atoms with Crippen LogP contribution >= 0.6 is 11.3 Å². The Morgan fingerprint density at radius 1 is 0.456 bits per heavy atom. The third-order valence-corrected chi connectivity index (χ3v) is 11.4. The normalized spacial score (nSPS) is 14.6. The molecule has 0 aliphatic carbocycles. The molecule has 0 aliphatic heterocycles. The second kappa shape index (κ2) is 12.6. The first kappa shape index (κ1) is 22.8. The monoisotopic (exact) mass is 757 g/mol. The van der Waals surface area contributed by atoms with E-state index in [1.54, 1.807) is 11.3 Å². The maximum absolute atomic E-state index is 9.53. The molecule has 0 atom stereocenters. The quantitative estimate of drug-likeness (QED) is 0.175. The number of hydrogen-bond acceptors (Lipinski definition) is 5. The van der Waals surface area contributed by atoms with Crippen LogP contribution in [0, 0.1) is 0 Å². The lowest BCUT2D eigenvalue weighted by atomic mass is 10.0. The van der Waals surface area contributed by atoms with Crippen molar-refractivity contribution in [2.75, 3.05) is 0 Å². The van der Waals surface area contributed by atoms with Crippen LogP contribution in [-0.2, 0) is 0 Å². The molecule has 12 rings (SSSR count). The predicted molar refractivity (Wildman–Crippen MR) is 236 cm³/mol. The van der Waals surface area contributed by atoms with Crippen LogP contribution in [-0.4, -0.2) is 19.5 Å². The van der Waals surface area contributed by atoms with E-state index in [0.717, 1.165) is 31.3 Å². The van der Waals surface area contributed by atoms with Crippen LogP contribution in [0.1, 0.15) is 15.1 Å². The van der Waals surface area contributed by atoms with Crippen LogP contribution in [0.3, 0.4) is 0 Å². The summed E-state index contributed by atoms with van der Waals surface area (Å²) in [6, 6.07) is 31.2. The van der Waals surface area contributed by atoms with Gasteiger partial charge < -0.3 is 8.98 Å². The van der Waals surface area contributed by atoms with Gasteiger partial charge in [0.15, 0.2) is 17.5 Å². The van der Waals surface area contributed by atoms with Crippen molar-refractivity contribution in [2.45, 2.75) is 0 Å². The summed E-state index contributed by atoms with van der Waals surface area (Å²) < 4.78 is 109. The third-order valence-electron chi connectivity index (χ3n) is 10.3. The number of aromatic nitrogens is 4. The van der Waals surface area contributed by atoms with E-state index in [-0.39, 0.29) is 96.6 Å². The van der Waals surface area contributed by atoms with E-state index in [1.807, 2.05) is 66.7 Å². The smallest absolute Gasteiger partial charge is 0.164 e. The molecule has 6 heteroatoms. The van der Waals surface area contributed by atoms with E-state index in [9.17, 15) is 2.74 Å². The van der Waals surface area contributed by atoms with Crippen molar-refractivity contribution in [1.29, 1.82) is 0 Å².